The van der Waals surface area contributed by atoms with Crippen molar-refractivity contribution in [3.05, 3.63) is 11.6 Å². The molecule has 4 rings (SSSR count). The maximum Gasteiger partial charge on any atom is 0.0373 e. The largest absolute Gasteiger partial charge is 0.123 e. The highest BCUT2D eigenvalue weighted by Gasteiger charge is 2.58. The van der Waals surface area contributed by atoms with Crippen LogP contribution in [0.4, 0.5) is 0 Å². The second-order valence-corrected chi connectivity index (χ2v) is 12.7. The fraction of sp³-hybridized carbons (Fsp3) is 0.926. The molecular weight excluding hydrogens is 360 g/mol. The molecule has 4 aliphatic carbocycles. The number of hydrogen-bond acceptors (Lipinski definition) is 0. The smallest absolute Gasteiger partial charge is 0.0373 e. The molecule has 0 amide bonds. The van der Waals surface area contributed by atoms with Gasteiger partial charge in [-0.15, -0.1) is 11.6 Å². The number of alkyl halides is 1. The molecule has 0 aromatic rings. The average molecular weight is 405 g/mol. The van der Waals surface area contributed by atoms with Crippen molar-refractivity contribution < 1.29 is 0 Å². The summed E-state index contributed by atoms with van der Waals surface area (Å²) < 4.78 is 0. The predicted molar refractivity (Wildman–Crippen MR) is 123 cm³/mol. The van der Waals surface area contributed by atoms with Crippen LogP contribution in [0, 0.1) is 46.3 Å². The first-order valence-corrected chi connectivity index (χ1v) is 13.0. The lowest BCUT2D eigenvalue weighted by molar-refractivity contribution is -0.0498. The molecule has 3 saturated carbocycles. The number of allylic oxidation sites excluding steroid dienone is 2. The minimum Gasteiger partial charge on any atom is -0.123 e. The number of rotatable bonds is 5. The van der Waals surface area contributed by atoms with Crippen LogP contribution in [0.25, 0.3) is 0 Å². The Morgan fingerprint density at radius 1 is 1.00 bits per heavy atom. The Labute approximate surface area is 180 Å². The van der Waals surface area contributed by atoms with Crippen molar-refractivity contribution in [3.63, 3.8) is 0 Å². The van der Waals surface area contributed by atoms with Crippen molar-refractivity contribution in [1.82, 2.24) is 0 Å². The van der Waals surface area contributed by atoms with Gasteiger partial charge in [-0.3, -0.25) is 0 Å². The van der Waals surface area contributed by atoms with Gasteiger partial charge in [-0.1, -0.05) is 65.5 Å². The first-order chi connectivity index (χ1) is 13.3. The van der Waals surface area contributed by atoms with Crippen LogP contribution in [0.15, 0.2) is 11.6 Å². The monoisotopic (exact) mass is 404 g/mol. The normalized spacial score (nSPS) is 46.5. The summed E-state index contributed by atoms with van der Waals surface area (Å²) in [6, 6.07) is 0. The summed E-state index contributed by atoms with van der Waals surface area (Å²) in [6.07, 6.45) is 18.0. The Hall–Kier alpha value is 0.0300. The van der Waals surface area contributed by atoms with E-state index in [1.807, 2.05) is 0 Å². The molecule has 3 fully saturated rings. The standard InChI is InChI=1S/C27H45Cl/c1-18(2)7-6-8-19(3)23-11-12-24-22-10-9-20-17-21(28)13-15-26(20,4)25(22)14-16-27(23,24)5/h9,18-19,21-25H,6-8,10-17H2,1-5H3/t19-,21-,22?,23+,24?,25?,26-,27+/m0/s1. The van der Waals surface area contributed by atoms with Crippen LogP contribution in [0.5, 0.6) is 0 Å². The third-order valence-corrected chi connectivity index (χ3v) is 10.6. The molecule has 0 spiro atoms. The van der Waals surface area contributed by atoms with Gasteiger partial charge in [0.15, 0.2) is 0 Å². The van der Waals surface area contributed by atoms with Crippen LogP contribution < -0.4 is 0 Å². The van der Waals surface area contributed by atoms with Crippen molar-refractivity contribution >= 4 is 11.6 Å². The molecule has 0 heterocycles. The van der Waals surface area contributed by atoms with Gasteiger partial charge in [0.2, 0.25) is 0 Å². The van der Waals surface area contributed by atoms with Crippen molar-refractivity contribution in [3.8, 4) is 0 Å². The molecule has 0 aromatic heterocycles. The Bertz CT molecular complexity index is 591. The summed E-state index contributed by atoms with van der Waals surface area (Å²) in [5, 5.41) is 0.396. The van der Waals surface area contributed by atoms with E-state index >= 15 is 0 Å². The van der Waals surface area contributed by atoms with Gasteiger partial charge in [0, 0.05) is 5.38 Å². The third-order valence-electron chi connectivity index (χ3n) is 10.2. The van der Waals surface area contributed by atoms with Crippen LogP contribution in [0.3, 0.4) is 0 Å². The molecule has 4 aliphatic rings. The molecule has 28 heavy (non-hydrogen) atoms. The van der Waals surface area contributed by atoms with Crippen LogP contribution in [0.1, 0.15) is 105 Å². The van der Waals surface area contributed by atoms with Crippen molar-refractivity contribution in [2.75, 3.05) is 0 Å². The van der Waals surface area contributed by atoms with Gasteiger partial charge in [0.05, 0.1) is 0 Å². The number of hydrogen-bond donors (Lipinski definition) is 0. The van der Waals surface area contributed by atoms with E-state index in [1.54, 1.807) is 5.57 Å². The molecule has 160 valence electrons. The van der Waals surface area contributed by atoms with Gasteiger partial charge in [-0.05, 0) is 97.7 Å². The zero-order chi connectivity index (χ0) is 20.1. The highest BCUT2D eigenvalue weighted by atomic mass is 35.5. The van der Waals surface area contributed by atoms with Gasteiger partial charge < -0.3 is 0 Å². The predicted octanol–water partition coefficient (Wildman–Crippen LogP) is 8.64. The summed E-state index contributed by atoms with van der Waals surface area (Å²) in [6.45, 7) is 12.7. The average Bonchev–Trinajstić information content (AvgIpc) is 2.99. The van der Waals surface area contributed by atoms with E-state index in [4.69, 9.17) is 11.6 Å². The maximum absolute atomic E-state index is 6.56. The highest BCUT2D eigenvalue weighted by Crippen LogP contribution is 2.67. The van der Waals surface area contributed by atoms with Gasteiger partial charge in [-0.2, -0.15) is 0 Å². The van der Waals surface area contributed by atoms with Crippen LogP contribution in [-0.2, 0) is 0 Å². The molecule has 8 atom stereocenters. The van der Waals surface area contributed by atoms with E-state index in [-0.39, 0.29) is 0 Å². The minimum atomic E-state index is 0.396. The first-order valence-electron chi connectivity index (χ1n) is 12.6. The fourth-order valence-electron chi connectivity index (χ4n) is 8.64. The molecule has 0 saturated heterocycles. The molecule has 0 nitrogen and oxygen atoms in total. The van der Waals surface area contributed by atoms with Crippen molar-refractivity contribution in [2.45, 2.75) is 111 Å². The van der Waals surface area contributed by atoms with Crippen LogP contribution in [-0.4, -0.2) is 5.38 Å². The SMILES string of the molecule is CC(C)CCC[C@H](C)[C@H]1CCC2C3CC=C4C[C@@H](Cl)CC[C@]4(C)C3CC[C@@]21C. The summed E-state index contributed by atoms with van der Waals surface area (Å²) >= 11 is 6.56. The molecular formula is C27H45Cl. The lowest BCUT2D eigenvalue weighted by atomic mass is 9.47. The fourth-order valence-corrected chi connectivity index (χ4v) is 8.92. The Morgan fingerprint density at radius 2 is 1.79 bits per heavy atom. The summed E-state index contributed by atoms with van der Waals surface area (Å²) in [5.41, 5.74) is 2.82. The van der Waals surface area contributed by atoms with Crippen molar-refractivity contribution in [1.29, 1.82) is 0 Å². The number of halogens is 1. The topological polar surface area (TPSA) is 0 Å². The zero-order valence-electron chi connectivity index (χ0n) is 19.3. The van der Waals surface area contributed by atoms with E-state index in [2.05, 4.69) is 40.7 Å². The molecule has 3 unspecified atom stereocenters. The summed E-state index contributed by atoms with van der Waals surface area (Å²) in [7, 11) is 0. The second kappa shape index (κ2) is 7.94. The van der Waals surface area contributed by atoms with Gasteiger partial charge in [0.25, 0.3) is 0 Å². The zero-order valence-corrected chi connectivity index (χ0v) is 20.0. The highest BCUT2D eigenvalue weighted by molar-refractivity contribution is 6.20. The first kappa shape index (κ1) is 21.3. The van der Waals surface area contributed by atoms with Gasteiger partial charge in [-0.25, -0.2) is 0 Å². The van der Waals surface area contributed by atoms with E-state index in [0.717, 1.165) is 35.5 Å². The van der Waals surface area contributed by atoms with E-state index in [1.165, 1.54) is 70.6 Å². The van der Waals surface area contributed by atoms with E-state index < -0.39 is 0 Å². The van der Waals surface area contributed by atoms with Gasteiger partial charge >= 0.3 is 0 Å². The summed E-state index contributed by atoms with van der Waals surface area (Å²) in [5.74, 6) is 5.62. The lowest BCUT2D eigenvalue weighted by Gasteiger charge is -2.58. The minimum absolute atomic E-state index is 0.396. The number of fused-ring (bicyclic) bond motifs is 5. The summed E-state index contributed by atoms with van der Waals surface area (Å²) in [4.78, 5) is 0. The molecule has 0 radical (unpaired) electrons. The van der Waals surface area contributed by atoms with Crippen molar-refractivity contribution in [2.24, 2.45) is 46.3 Å². The molecule has 0 bridgehead atoms. The van der Waals surface area contributed by atoms with E-state index in [0.29, 0.717) is 16.2 Å². The molecule has 0 aliphatic heterocycles. The molecule has 1 heteroatoms. The second-order valence-electron chi connectivity index (χ2n) is 12.1. The lowest BCUT2D eigenvalue weighted by Crippen LogP contribution is -2.50. The maximum atomic E-state index is 6.56. The Morgan fingerprint density at radius 3 is 2.54 bits per heavy atom. The quantitative estimate of drug-likeness (QED) is 0.317. The van der Waals surface area contributed by atoms with Gasteiger partial charge in [0.1, 0.15) is 0 Å². The molecule has 0 aromatic carbocycles. The van der Waals surface area contributed by atoms with Crippen LogP contribution >= 0.6 is 11.6 Å². The third kappa shape index (κ3) is 3.52. The molecule has 0 N–H and O–H groups in total. The van der Waals surface area contributed by atoms with E-state index in [9.17, 15) is 0 Å². The van der Waals surface area contributed by atoms with Crippen LogP contribution in [0.2, 0.25) is 0 Å². The Kier molecular flexibility index (Phi) is 6.03. The Balaban J connectivity index is 1.49.